The summed E-state index contributed by atoms with van der Waals surface area (Å²) in [5.41, 5.74) is 3.18. The van der Waals surface area contributed by atoms with Gasteiger partial charge in [0.1, 0.15) is 11.9 Å². The van der Waals surface area contributed by atoms with Crippen molar-refractivity contribution in [1.29, 1.82) is 0 Å². The molecule has 2 aromatic carbocycles. The van der Waals surface area contributed by atoms with Gasteiger partial charge in [0, 0.05) is 31.8 Å². The molecule has 0 saturated carbocycles. The van der Waals surface area contributed by atoms with E-state index < -0.39 is 12.1 Å². The Morgan fingerprint density at radius 2 is 2.00 bits per heavy atom. The van der Waals surface area contributed by atoms with E-state index in [1.165, 1.54) is 5.69 Å². The third kappa shape index (κ3) is 6.62. The van der Waals surface area contributed by atoms with Gasteiger partial charge in [0.15, 0.2) is 6.10 Å². The monoisotopic (exact) mass is 426 g/mol. The zero-order valence-corrected chi connectivity index (χ0v) is 18.5. The van der Waals surface area contributed by atoms with Crippen LogP contribution in [0.5, 0.6) is 5.75 Å². The van der Waals surface area contributed by atoms with Crippen LogP contribution in [0.15, 0.2) is 48.5 Å². The van der Waals surface area contributed by atoms with Crippen molar-refractivity contribution in [3.05, 3.63) is 54.1 Å². The van der Waals surface area contributed by atoms with Crippen molar-refractivity contribution in [3.63, 3.8) is 0 Å². The van der Waals surface area contributed by atoms with Gasteiger partial charge in [-0.15, -0.1) is 0 Å². The number of rotatable bonds is 12. The van der Waals surface area contributed by atoms with Crippen LogP contribution in [0, 0.1) is 0 Å². The number of hydrogen-bond donors (Lipinski definition) is 2. The van der Waals surface area contributed by atoms with Gasteiger partial charge in [-0.05, 0) is 49.6 Å². The minimum absolute atomic E-state index is 0.256. The predicted octanol–water partition coefficient (Wildman–Crippen LogP) is 4.59. The van der Waals surface area contributed by atoms with Crippen molar-refractivity contribution in [2.75, 3.05) is 36.5 Å². The van der Waals surface area contributed by atoms with E-state index in [1.54, 1.807) is 0 Å². The van der Waals surface area contributed by atoms with Crippen LogP contribution in [0.25, 0.3) is 0 Å². The molecule has 0 amide bonds. The van der Waals surface area contributed by atoms with Gasteiger partial charge in [0.2, 0.25) is 0 Å². The van der Waals surface area contributed by atoms with Gasteiger partial charge in [0.25, 0.3) is 0 Å². The lowest BCUT2D eigenvalue weighted by Crippen LogP contribution is -2.40. The molecule has 3 rings (SSSR count). The van der Waals surface area contributed by atoms with Crippen LogP contribution in [0.4, 0.5) is 11.4 Å². The molecule has 0 aromatic heterocycles. The molecule has 6 nitrogen and oxygen atoms in total. The zero-order chi connectivity index (χ0) is 22.1. The number of hydrogen-bond acceptors (Lipinski definition) is 5. The summed E-state index contributed by atoms with van der Waals surface area (Å²) in [7, 11) is 0. The van der Waals surface area contributed by atoms with Crippen LogP contribution < -0.4 is 15.0 Å². The Morgan fingerprint density at radius 1 is 1.23 bits per heavy atom. The third-order valence-electron chi connectivity index (χ3n) is 5.49. The Morgan fingerprint density at radius 3 is 2.71 bits per heavy atom. The number of nitrogens with zero attached hydrogens (tertiary/aromatic N) is 1. The number of carboxylic acids is 1. The molecule has 0 spiro atoms. The first kappa shape index (κ1) is 22.9. The summed E-state index contributed by atoms with van der Waals surface area (Å²) in [5.74, 6) is 0.0670. The minimum atomic E-state index is -0.921. The molecule has 6 heteroatoms. The van der Waals surface area contributed by atoms with Gasteiger partial charge in [-0.1, -0.05) is 37.6 Å². The van der Waals surface area contributed by atoms with Crippen molar-refractivity contribution in [2.45, 2.75) is 51.7 Å². The van der Waals surface area contributed by atoms with E-state index in [-0.39, 0.29) is 6.10 Å². The largest absolute Gasteiger partial charge is 0.486 e. The second kappa shape index (κ2) is 11.6. The number of anilines is 2. The van der Waals surface area contributed by atoms with Crippen LogP contribution in [0.2, 0.25) is 0 Å². The molecular weight excluding hydrogens is 392 g/mol. The lowest BCUT2D eigenvalue weighted by molar-refractivity contribution is -0.149. The van der Waals surface area contributed by atoms with Gasteiger partial charge in [0.05, 0.1) is 12.2 Å². The highest BCUT2D eigenvalue weighted by molar-refractivity contribution is 5.72. The predicted molar refractivity (Wildman–Crippen MR) is 124 cm³/mol. The van der Waals surface area contributed by atoms with Gasteiger partial charge in [-0.3, -0.25) is 0 Å². The SMILES string of the molecule is CCCC1CN(CCCNc2ccc(C[C@H](OCC)C(=O)O)cc2)c2ccccc2O1. The first-order chi connectivity index (χ1) is 15.1. The van der Waals surface area contributed by atoms with Crippen molar-refractivity contribution < 1.29 is 19.4 Å². The average Bonchev–Trinajstić information content (AvgIpc) is 2.77. The first-order valence-corrected chi connectivity index (χ1v) is 11.3. The summed E-state index contributed by atoms with van der Waals surface area (Å²) in [6, 6.07) is 16.2. The Labute approximate surface area is 185 Å². The molecule has 2 aromatic rings. The molecule has 0 bridgehead atoms. The molecule has 2 atom stereocenters. The van der Waals surface area contributed by atoms with Crippen molar-refractivity contribution in [1.82, 2.24) is 0 Å². The van der Waals surface area contributed by atoms with Gasteiger partial charge < -0.3 is 24.8 Å². The fraction of sp³-hybridized carbons (Fsp3) is 0.480. The summed E-state index contributed by atoms with van der Waals surface area (Å²) in [4.78, 5) is 13.7. The fourth-order valence-corrected chi connectivity index (χ4v) is 3.96. The van der Waals surface area contributed by atoms with Crippen LogP contribution in [-0.4, -0.2) is 49.5 Å². The average molecular weight is 427 g/mol. The lowest BCUT2D eigenvalue weighted by Gasteiger charge is -2.36. The molecule has 1 heterocycles. The van der Waals surface area contributed by atoms with E-state index in [9.17, 15) is 9.90 Å². The molecule has 31 heavy (non-hydrogen) atoms. The van der Waals surface area contributed by atoms with E-state index in [1.807, 2.05) is 37.3 Å². The highest BCUT2D eigenvalue weighted by atomic mass is 16.5. The van der Waals surface area contributed by atoms with Gasteiger partial charge in [-0.25, -0.2) is 4.79 Å². The number of nitrogens with one attached hydrogen (secondary N) is 1. The molecule has 0 aliphatic carbocycles. The topological polar surface area (TPSA) is 71.0 Å². The van der Waals surface area contributed by atoms with E-state index in [2.05, 4.69) is 35.3 Å². The maximum absolute atomic E-state index is 11.3. The fourth-order valence-electron chi connectivity index (χ4n) is 3.96. The molecule has 1 unspecified atom stereocenters. The molecule has 1 aliphatic heterocycles. The van der Waals surface area contributed by atoms with Crippen molar-refractivity contribution >= 4 is 17.3 Å². The Kier molecular flexibility index (Phi) is 8.59. The normalized spacial score (nSPS) is 16.3. The van der Waals surface area contributed by atoms with E-state index >= 15 is 0 Å². The van der Waals surface area contributed by atoms with Crippen LogP contribution in [0.3, 0.4) is 0 Å². The molecule has 2 N–H and O–H groups in total. The molecule has 0 radical (unpaired) electrons. The number of carboxylic acid groups (broad SMARTS) is 1. The second-order valence-electron chi connectivity index (χ2n) is 7.91. The number of benzene rings is 2. The lowest BCUT2D eigenvalue weighted by atomic mass is 10.1. The highest BCUT2D eigenvalue weighted by Gasteiger charge is 2.24. The molecular formula is C25H34N2O4. The second-order valence-corrected chi connectivity index (χ2v) is 7.91. The maximum Gasteiger partial charge on any atom is 0.333 e. The summed E-state index contributed by atoms with van der Waals surface area (Å²) >= 11 is 0. The van der Waals surface area contributed by atoms with Crippen LogP contribution in [-0.2, 0) is 16.0 Å². The van der Waals surface area contributed by atoms with Crippen molar-refractivity contribution in [3.8, 4) is 5.75 Å². The molecule has 1 aliphatic rings. The highest BCUT2D eigenvalue weighted by Crippen LogP contribution is 2.34. The summed E-state index contributed by atoms with van der Waals surface area (Å²) in [6.45, 7) is 7.17. The molecule has 0 saturated heterocycles. The summed E-state index contributed by atoms with van der Waals surface area (Å²) < 4.78 is 11.4. The number of aliphatic carboxylic acids is 1. The van der Waals surface area contributed by atoms with E-state index in [0.29, 0.717) is 13.0 Å². The Bertz CT molecular complexity index is 825. The Balaban J connectivity index is 1.48. The number of para-hydroxylation sites is 2. The number of ether oxygens (including phenoxy) is 2. The number of fused-ring (bicyclic) bond motifs is 1. The van der Waals surface area contributed by atoms with Gasteiger partial charge >= 0.3 is 5.97 Å². The molecule has 168 valence electrons. The maximum atomic E-state index is 11.3. The van der Waals surface area contributed by atoms with Crippen molar-refractivity contribution in [2.24, 2.45) is 0 Å². The molecule has 0 fully saturated rings. The summed E-state index contributed by atoms with van der Waals surface area (Å²) in [6.07, 6.45) is 3.04. The van der Waals surface area contributed by atoms with Gasteiger partial charge in [-0.2, -0.15) is 0 Å². The smallest absolute Gasteiger partial charge is 0.333 e. The van der Waals surface area contributed by atoms with Crippen LogP contribution in [0.1, 0.15) is 38.7 Å². The third-order valence-corrected chi connectivity index (χ3v) is 5.49. The zero-order valence-electron chi connectivity index (χ0n) is 18.5. The van der Waals surface area contributed by atoms with E-state index in [0.717, 1.165) is 55.9 Å². The quantitative estimate of drug-likeness (QED) is 0.484. The standard InChI is InChI=1S/C25H34N2O4/c1-3-8-21-18-27(22-9-5-6-10-23(22)31-21)16-7-15-26-20-13-11-19(12-14-20)17-24(25(28)29)30-4-2/h5-6,9-14,21,24,26H,3-4,7-8,15-18H2,1-2H3,(H,28,29)/t21?,24-/m0/s1. The minimum Gasteiger partial charge on any atom is -0.486 e. The van der Waals surface area contributed by atoms with Crippen LogP contribution >= 0.6 is 0 Å². The van der Waals surface area contributed by atoms with E-state index in [4.69, 9.17) is 9.47 Å². The first-order valence-electron chi connectivity index (χ1n) is 11.3. The Hall–Kier alpha value is -2.73. The summed E-state index contributed by atoms with van der Waals surface area (Å²) in [5, 5.41) is 12.7. The number of carbonyl (C=O) groups is 1.